The predicted octanol–water partition coefficient (Wildman–Crippen LogP) is 3.91. The van der Waals surface area contributed by atoms with Gasteiger partial charge in [-0.1, -0.05) is 0 Å². The summed E-state index contributed by atoms with van der Waals surface area (Å²) < 4.78 is 45.4. The van der Waals surface area contributed by atoms with Gasteiger partial charge in [0.15, 0.2) is 5.76 Å². The number of piperidine rings is 1. The molecule has 2 aromatic rings. The molecule has 1 N–H and O–H groups in total. The smallest absolute Gasteiger partial charge is 0.418 e. The summed E-state index contributed by atoms with van der Waals surface area (Å²) in [6.07, 6.45) is -3.82. The molecule has 1 aromatic heterocycles. The highest BCUT2D eigenvalue weighted by Gasteiger charge is 2.37. The van der Waals surface area contributed by atoms with Gasteiger partial charge in [-0.3, -0.25) is 14.9 Å². The largest absolute Gasteiger partial charge is 0.456 e. The first-order chi connectivity index (χ1) is 13.1. The molecule has 0 unspecified atom stereocenters. The summed E-state index contributed by atoms with van der Waals surface area (Å²) in [4.78, 5) is 23.6. The number of nitro benzene ring substituents is 1. The van der Waals surface area contributed by atoms with Crippen LogP contribution in [0.4, 0.5) is 24.5 Å². The molecule has 3 rings (SSSR count). The predicted molar refractivity (Wildman–Crippen MR) is 94.2 cm³/mol. The fourth-order valence-corrected chi connectivity index (χ4v) is 3.22. The highest BCUT2D eigenvalue weighted by molar-refractivity contribution is 5.91. The van der Waals surface area contributed by atoms with Gasteiger partial charge in [-0.2, -0.15) is 13.2 Å². The van der Waals surface area contributed by atoms with Crippen molar-refractivity contribution in [1.82, 2.24) is 5.32 Å². The summed E-state index contributed by atoms with van der Waals surface area (Å²) in [6, 6.07) is 5.80. The van der Waals surface area contributed by atoms with E-state index in [1.165, 1.54) is 4.90 Å². The fraction of sp³-hybridized carbons (Fsp3) is 0.389. The zero-order valence-corrected chi connectivity index (χ0v) is 15.0. The van der Waals surface area contributed by atoms with Crippen molar-refractivity contribution in [2.75, 3.05) is 18.0 Å². The Morgan fingerprint density at radius 3 is 2.46 bits per heavy atom. The number of aryl methyl sites for hydroxylation is 1. The molecule has 0 atom stereocenters. The fourth-order valence-electron chi connectivity index (χ4n) is 3.22. The molecule has 1 aliphatic rings. The number of carbonyl (C=O) groups excluding carboxylic acids is 1. The number of halogens is 3. The normalized spacial score (nSPS) is 15.5. The van der Waals surface area contributed by atoms with Gasteiger partial charge in [0.05, 0.1) is 10.5 Å². The van der Waals surface area contributed by atoms with E-state index in [2.05, 4.69) is 5.32 Å². The number of nitrogens with zero attached hydrogens (tertiary/aromatic N) is 2. The van der Waals surface area contributed by atoms with Gasteiger partial charge in [0, 0.05) is 37.0 Å². The SMILES string of the molecule is Cc1ccc(C(=O)NC2CCN(c3ccc([N+](=O)[O-])cc3C(F)(F)F)CC2)o1. The second-order valence-corrected chi connectivity index (χ2v) is 6.60. The molecule has 2 heterocycles. The molecule has 0 saturated carbocycles. The van der Waals surface area contributed by atoms with Gasteiger partial charge < -0.3 is 14.6 Å². The van der Waals surface area contributed by atoms with E-state index in [4.69, 9.17) is 4.42 Å². The molecular formula is C18H18F3N3O4. The maximum Gasteiger partial charge on any atom is 0.418 e. The molecule has 7 nitrogen and oxygen atoms in total. The lowest BCUT2D eigenvalue weighted by atomic mass is 10.0. The van der Waals surface area contributed by atoms with Crippen LogP contribution in [0.5, 0.6) is 0 Å². The molecular weight excluding hydrogens is 379 g/mol. The quantitative estimate of drug-likeness (QED) is 0.624. The Morgan fingerprint density at radius 1 is 1.25 bits per heavy atom. The third-order valence-electron chi connectivity index (χ3n) is 4.63. The van der Waals surface area contributed by atoms with Crippen LogP contribution < -0.4 is 10.2 Å². The van der Waals surface area contributed by atoms with Gasteiger partial charge in [0.25, 0.3) is 11.6 Å². The van der Waals surface area contributed by atoms with E-state index in [1.54, 1.807) is 19.1 Å². The lowest BCUT2D eigenvalue weighted by Crippen LogP contribution is -2.45. The Kier molecular flexibility index (Phi) is 5.30. The van der Waals surface area contributed by atoms with E-state index in [9.17, 15) is 28.1 Å². The van der Waals surface area contributed by atoms with Crippen molar-refractivity contribution in [2.24, 2.45) is 0 Å². The first-order valence-corrected chi connectivity index (χ1v) is 8.63. The number of nitrogens with one attached hydrogen (secondary N) is 1. The van der Waals surface area contributed by atoms with E-state index in [-0.39, 0.29) is 36.5 Å². The zero-order chi connectivity index (χ0) is 20.5. The molecule has 0 spiro atoms. The first kappa shape index (κ1) is 19.7. The van der Waals surface area contributed by atoms with Crippen molar-refractivity contribution in [1.29, 1.82) is 0 Å². The van der Waals surface area contributed by atoms with Crippen LogP contribution >= 0.6 is 0 Å². The summed E-state index contributed by atoms with van der Waals surface area (Å²) in [6.45, 7) is 2.28. The van der Waals surface area contributed by atoms with Crippen LogP contribution in [0, 0.1) is 17.0 Å². The van der Waals surface area contributed by atoms with Crippen LogP contribution in [0.3, 0.4) is 0 Å². The van der Waals surface area contributed by atoms with Crippen LogP contribution in [0.1, 0.15) is 34.7 Å². The number of non-ortho nitro benzene ring substituents is 1. The maximum atomic E-state index is 13.4. The molecule has 1 fully saturated rings. The van der Waals surface area contributed by atoms with E-state index in [1.807, 2.05) is 0 Å². The van der Waals surface area contributed by atoms with Crippen LogP contribution in [0.15, 0.2) is 34.7 Å². The van der Waals surface area contributed by atoms with Crippen molar-refractivity contribution < 1.29 is 27.3 Å². The Labute approximate surface area is 158 Å². The minimum Gasteiger partial charge on any atom is -0.456 e. The Hall–Kier alpha value is -3.04. The van der Waals surface area contributed by atoms with Gasteiger partial charge in [-0.25, -0.2) is 0 Å². The van der Waals surface area contributed by atoms with E-state index in [0.717, 1.165) is 12.1 Å². The number of rotatable bonds is 4. The Balaban J connectivity index is 1.69. The number of furan rings is 1. The molecule has 1 amide bonds. The van der Waals surface area contributed by atoms with Crippen LogP contribution in [-0.4, -0.2) is 30.0 Å². The molecule has 1 saturated heterocycles. The van der Waals surface area contributed by atoms with E-state index >= 15 is 0 Å². The monoisotopic (exact) mass is 397 g/mol. The molecule has 28 heavy (non-hydrogen) atoms. The highest BCUT2D eigenvalue weighted by atomic mass is 19.4. The number of hydrogen-bond acceptors (Lipinski definition) is 5. The number of anilines is 1. The molecule has 0 bridgehead atoms. The van der Waals surface area contributed by atoms with Crippen molar-refractivity contribution in [3.63, 3.8) is 0 Å². The summed E-state index contributed by atoms with van der Waals surface area (Å²) >= 11 is 0. The van der Waals surface area contributed by atoms with Crippen LogP contribution in [-0.2, 0) is 6.18 Å². The number of hydrogen-bond donors (Lipinski definition) is 1. The van der Waals surface area contributed by atoms with Crippen molar-refractivity contribution in [2.45, 2.75) is 32.0 Å². The maximum absolute atomic E-state index is 13.4. The molecule has 1 aliphatic heterocycles. The average Bonchev–Trinajstić information content (AvgIpc) is 3.08. The van der Waals surface area contributed by atoms with Gasteiger partial charge in [0.1, 0.15) is 5.76 Å². The Morgan fingerprint density at radius 2 is 1.93 bits per heavy atom. The zero-order valence-electron chi connectivity index (χ0n) is 15.0. The first-order valence-electron chi connectivity index (χ1n) is 8.63. The molecule has 1 aromatic carbocycles. The Bertz CT molecular complexity index is 886. The molecule has 0 aliphatic carbocycles. The number of amides is 1. The number of carbonyl (C=O) groups is 1. The molecule has 10 heteroatoms. The standard InChI is InChI=1S/C18H18F3N3O4/c1-11-2-5-16(28-11)17(25)22-12-6-8-23(9-7-12)15-4-3-13(24(26)27)10-14(15)18(19,20)21/h2-5,10,12H,6-9H2,1H3,(H,22,25). The van der Waals surface area contributed by atoms with Crippen LogP contribution in [0.25, 0.3) is 0 Å². The number of alkyl halides is 3. The molecule has 150 valence electrons. The van der Waals surface area contributed by atoms with Gasteiger partial charge in [-0.15, -0.1) is 0 Å². The van der Waals surface area contributed by atoms with Crippen molar-refractivity contribution in [3.05, 3.63) is 57.5 Å². The lowest BCUT2D eigenvalue weighted by molar-refractivity contribution is -0.385. The number of benzene rings is 1. The summed E-state index contributed by atoms with van der Waals surface area (Å²) in [5, 5.41) is 13.6. The number of nitro groups is 1. The van der Waals surface area contributed by atoms with Crippen LogP contribution in [0.2, 0.25) is 0 Å². The lowest BCUT2D eigenvalue weighted by Gasteiger charge is -2.35. The summed E-state index contributed by atoms with van der Waals surface area (Å²) in [5.41, 5.74) is -1.73. The van der Waals surface area contributed by atoms with Crippen molar-refractivity contribution >= 4 is 17.3 Å². The third kappa shape index (κ3) is 4.26. The van der Waals surface area contributed by atoms with Gasteiger partial charge in [0.2, 0.25) is 0 Å². The topological polar surface area (TPSA) is 88.6 Å². The summed E-state index contributed by atoms with van der Waals surface area (Å²) in [7, 11) is 0. The summed E-state index contributed by atoms with van der Waals surface area (Å²) in [5.74, 6) is 0.436. The van der Waals surface area contributed by atoms with Crippen molar-refractivity contribution in [3.8, 4) is 0 Å². The minimum absolute atomic E-state index is 0.0930. The van der Waals surface area contributed by atoms with Gasteiger partial charge in [-0.05, 0) is 38.0 Å². The average molecular weight is 397 g/mol. The second kappa shape index (κ2) is 7.53. The second-order valence-electron chi connectivity index (χ2n) is 6.60. The molecule has 0 radical (unpaired) electrons. The van der Waals surface area contributed by atoms with E-state index < -0.39 is 22.4 Å². The third-order valence-corrected chi connectivity index (χ3v) is 4.63. The minimum atomic E-state index is -4.70. The highest BCUT2D eigenvalue weighted by Crippen LogP contribution is 2.39. The van der Waals surface area contributed by atoms with Gasteiger partial charge >= 0.3 is 6.18 Å². The van der Waals surface area contributed by atoms with E-state index in [0.29, 0.717) is 24.7 Å².